The smallest absolute Gasteiger partial charge is 0.122 e. The van der Waals surface area contributed by atoms with E-state index in [1.807, 2.05) is 18.3 Å². The van der Waals surface area contributed by atoms with Gasteiger partial charge in [-0.25, -0.2) is 4.98 Å². The molecule has 0 bridgehead atoms. The van der Waals surface area contributed by atoms with Crippen LogP contribution in [-0.2, 0) is 6.54 Å². The van der Waals surface area contributed by atoms with Crippen molar-refractivity contribution < 1.29 is 4.74 Å². The van der Waals surface area contributed by atoms with Crippen molar-refractivity contribution in [1.29, 1.82) is 0 Å². The van der Waals surface area contributed by atoms with Gasteiger partial charge in [0.05, 0.1) is 12.6 Å². The van der Waals surface area contributed by atoms with Crippen LogP contribution in [0.15, 0.2) is 36.7 Å². The number of imidazole rings is 1. The highest BCUT2D eigenvalue weighted by Gasteiger charge is 2.06. The highest BCUT2D eigenvalue weighted by Crippen LogP contribution is 2.14. The Balaban J connectivity index is 1.88. The van der Waals surface area contributed by atoms with E-state index in [-0.39, 0.29) is 6.04 Å². The average molecular weight is 259 g/mol. The third-order valence-electron chi connectivity index (χ3n) is 2.91. The minimum absolute atomic E-state index is 0.204. The van der Waals surface area contributed by atoms with Gasteiger partial charge in [-0.15, -0.1) is 0 Å². The van der Waals surface area contributed by atoms with Crippen molar-refractivity contribution in [3.05, 3.63) is 48.0 Å². The van der Waals surface area contributed by atoms with E-state index in [2.05, 4.69) is 41.3 Å². The topological polar surface area (TPSA) is 49.9 Å². The van der Waals surface area contributed by atoms with Gasteiger partial charge in [-0.3, -0.25) is 0 Å². The molecule has 4 nitrogen and oxygen atoms in total. The summed E-state index contributed by atoms with van der Waals surface area (Å²) < 4.78 is 5.63. The molecule has 0 amide bonds. The molecular weight excluding hydrogens is 238 g/mol. The van der Waals surface area contributed by atoms with Crippen molar-refractivity contribution in [2.24, 2.45) is 0 Å². The van der Waals surface area contributed by atoms with Crippen LogP contribution in [0, 0.1) is 0 Å². The first kappa shape index (κ1) is 13.6. The number of nitrogens with one attached hydrogen (secondary N) is 2. The monoisotopic (exact) mass is 259 g/mol. The van der Waals surface area contributed by atoms with E-state index in [9.17, 15) is 0 Å². The Morgan fingerprint density at radius 3 is 3.05 bits per heavy atom. The van der Waals surface area contributed by atoms with Crippen molar-refractivity contribution in [2.45, 2.75) is 32.9 Å². The van der Waals surface area contributed by atoms with Gasteiger partial charge >= 0.3 is 0 Å². The van der Waals surface area contributed by atoms with Crippen LogP contribution >= 0.6 is 0 Å². The summed E-state index contributed by atoms with van der Waals surface area (Å²) in [7, 11) is 0. The predicted octanol–water partition coefficient (Wildman–Crippen LogP) is 3.05. The lowest BCUT2D eigenvalue weighted by molar-refractivity contribution is 0.317. The molecule has 0 saturated heterocycles. The normalized spacial score (nSPS) is 12.3. The average Bonchev–Trinajstić information content (AvgIpc) is 2.97. The number of hydrogen-bond acceptors (Lipinski definition) is 3. The molecule has 0 radical (unpaired) electrons. The minimum atomic E-state index is 0.204. The molecule has 1 heterocycles. The molecule has 2 aromatic rings. The standard InChI is InChI=1S/C15H21N3O/c1-3-9-19-14-6-4-5-13(10-14)11-18-12(2)15-16-7-8-17-15/h4-8,10,12,18H,3,9,11H2,1-2H3,(H,16,17). The fraction of sp³-hybridized carbons (Fsp3) is 0.400. The number of aromatic nitrogens is 2. The van der Waals surface area contributed by atoms with Crippen molar-refractivity contribution >= 4 is 0 Å². The fourth-order valence-corrected chi connectivity index (χ4v) is 1.85. The highest BCUT2D eigenvalue weighted by molar-refractivity contribution is 5.28. The number of aromatic amines is 1. The maximum absolute atomic E-state index is 5.63. The third-order valence-corrected chi connectivity index (χ3v) is 2.91. The maximum Gasteiger partial charge on any atom is 0.122 e. The molecule has 0 spiro atoms. The van der Waals surface area contributed by atoms with E-state index in [4.69, 9.17) is 4.74 Å². The van der Waals surface area contributed by atoms with Crippen molar-refractivity contribution in [3.8, 4) is 5.75 Å². The molecule has 0 aliphatic carbocycles. The SMILES string of the molecule is CCCOc1cccc(CNC(C)c2ncc[nH]2)c1. The summed E-state index contributed by atoms with van der Waals surface area (Å²) in [6, 6.07) is 8.41. The Labute approximate surface area is 114 Å². The molecule has 19 heavy (non-hydrogen) atoms. The third kappa shape index (κ3) is 4.10. The Kier molecular flexibility index (Phi) is 4.98. The van der Waals surface area contributed by atoms with Crippen LogP contribution in [0.3, 0.4) is 0 Å². The first-order valence-electron chi connectivity index (χ1n) is 6.74. The summed E-state index contributed by atoms with van der Waals surface area (Å²) in [6.07, 6.45) is 4.64. The Morgan fingerprint density at radius 1 is 1.42 bits per heavy atom. The first-order valence-corrected chi connectivity index (χ1v) is 6.74. The zero-order chi connectivity index (χ0) is 13.5. The molecule has 0 aliphatic rings. The van der Waals surface area contributed by atoms with E-state index in [1.165, 1.54) is 5.56 Å². The lowest BCUT2D eigenvalue weighted by atomic mass is 10.2. The van der Waals surface area contributed by atoms with Gasteiger partial charge in [0.1, 0.15) is 11.6 Å². The van der Waals surface area contributed by atoms with E-state index >= 15 is 0 Å². The zero-order valence-corrected chi connectivity index (χ0v) is 11.5. The predicted molar refractivity (Wildman–Crippen MR) is 76.1 cm³/mol. The summed E-state index contributed by atoms with van der Waals surface area (Å²) in [6.45, 7) is 5.76. The van der Waals surface area contributed by atoms with Gasteiger partial charge in [0.25, 0.3) is 0 Å². The van der Waals surface area contributed by atoms with Crippen molar-refractivity contribution in [2.75, 3.05) is 6.61 Å². The Hall–Kier alpha value is -1.81. The Bertz CT molecular complexity index is 482. The van der Waals surface area contributed by atoms with Gasteiger partial charge in [-0.05, 0) is 31.0 Å². The summed E-state index contributed by atoms with van der Waals surface area (Å²) >= 11 is 0. The quantitative estimate of drug-likeness (QED) is 0.803. The molecule has 2 N–H and O–H groups in total. The maximum atomic E-state index is 5.63. The molecule has 1 atom stereocenters. The zero-order valence-electron chi connectivity index (χ0n) is 11.5. The molecule has 0 fully saturated rings. The van der Waals surface area contributed by atoms with Crippen LogP contribution in [0.2, 0.25) is 0 Å². The number of benzene rings is 1. The molecule has 0 saturated carbocycles. The van der Waals surface area contributed by atoms with E-state index < -0.39 is 0 Å². The number of H-pyrrole nitrogens is 1. The largest absolute Gasteiger partial charge is 0.494 e. The number of rotatable bonds is 7. The van der Waals surface area contributed by atoms with Gasteiger partial charge in [0, 0.05) is 18.9 Å². The summed E-state index contributed by atoms with van der Waals surface area (Å²) in [5, 5.41) is 3.44. The molecule has 4 heteroatoms. The van der Waals surface area contributed by atoms with Gasteiger partial charge < -0.3 is 15.0 Å². The number of nitrogens with zero attached hydrogens (tertiary/aromatic N) is 1. The molecule has 1 unspecified atom stereocenters. The van der Waals surface area contributed by atoms with E-state index in [0.29, 0.717) is 0 Å². The van der Waals surface area contributed by atoms with Crippen LogP contribution in [0.4, 0.5) is 0 Å². The molecule has 1 aromatic carbocycles. The van der Waals surface area contributed by atoms with Crippen LogP contribution in [0.1, 0.15) is 37.7 Å². The minimum Gasteiger partial charge on any atom is -0.494 e. The van der Waals surface area contributed by atoms with Crippen molar-refractivity contribution in [3.63, 3.8) is 0 Å². The number of hydrogen-bond donors (Lipinski definition) is 2. The molecule has 2 rings (SSSR count). The molecule has 102 valence electrons. The second-order valence-corrected chi connectivity index (χ2v) is 4.57. The van der Waals surface area contributed by atoms with Gasteiger partial charge in [0.2, 0.25) is 0 Å². The van der Waals surface area contributed by atoms with Gasteiger partial charge in [-0.2, -0.15) is 0 Å². The van der Waals surface area contributed by atoms with Gasteiger partial charge in [-0.1, -0.05) is 19.1 Å². The summed E-state index contributed by atoms with van der Waals surface area (Å²) in [5.41, 5.74) is 1.21. The fourth-order valence-electron chi connectivity index (χ4n) is 1.85. The second-order valence-electron chi connectivity index (χ2n) is 4.57. The highest BCUT2D eigenvalue weighted by atomic mass is 16.5. The second kappa shape index (κ2) is 6.95. The molecule has 1 aromatic heterocycles. The van der Waals surface area contributed by atoms with Gasteiger partial charge in [0.15, 0.2) is 0 Å². The van der Waals surface area contributed by atoms with Crippen LogP contribution in [0.25, 0.3) is 0 Å². The lowest BCUT2D eigenvalue weighted by Crippen LogP contribution is -2.19. The van der Waals surface area contributed by atoms with E-state index in [0.717, 1.165) is 31.1 Å². The van der Waals surface area contributed by atoms with Crippen molar-refractivity contribution in [1.82, 2.24) is 15.3 Å². The van der Waals surface area contributed by atoms with Crippen LogP contribution < -0.4 is 10.1 Å². The Morgan fingerprint density at radius 2 is 2.32 bits per heavy atom. The van der Waals surface area contributed by atoms with Crippen LogP contribution in [-0.4, -0.2) is 16.6 Å². The van der Waals surface area contributed by atoms with E-state index in [1.54, 1.807) is 6.20 Å². The summed E-state index contributed by atoms with van der Waals surface area (Å²) in [5.74, 6) is 1.89. The number of ether oxygens (including phenoxy) is 1. The summed E-state index contributed by atoms with van der Waals surface area (Å²) in [4.78, 5) is 7.36. The first-order chi connectivity index (χ1) is 9.29. The molecular formula is C15H21N3O. The van der Waals surface area contributed by atoms with Crippen LogP contribution in [0.5, 0.6) is 5.75 Å². The lowest BCUT2D eigenvalue weighted by Gasteiger charge is -2.12. The molecule has 0 aliphatic heterocycles.